The van der Waals surface area contributed by atoms with Gasteiger partial charge in [-0.1, -0.05) is 6.07 Å². The largest absolute Gasteiger partial charge is 0.331 e. The Morgan fingerprint density at radius 3 is 2.83 bits per heavy atom. The fourth-order valence-corrected chi connectivity index (χ4v) is 4.27. The van der Waals surface area contributed by atoms with Crippen molar-refractivity contribution in [3.05, 3.63) is 76.2 Å². The summed E-state index contributed by atoms with van der Waals surface area (Å²) < 4.78 is 2.02. The van der Waals surface area contributed by atoms with Gasteiger partial charge in [0, 0.05) is 35.1 Å². The normalized spacial score (nSPS) is 17.1. The topological polar surface area (TPSA) is 25.2 Å². The SMILES string of the molecule is CC1c2sccc2CCN1C(=O)c1cccc(-n2cccc2)c1. The van der Waals surface area contributed by atoms with E-state index < -0.39 is 0 Å². The maximum atomic E-state index is 13.0. The van der Waals surface area contributed by atoms with E-state index in [0.29, 0.717) is 0 Å². The molecule has 116 valence electrons. The number of fused-ring (bicyclic) bond motifs is 1. The number of benzene rings is 1. The van der Waals surface area contributed by atoms with Crippen molar-refractivity contribution in [2.75, 3.05) is 6.54 Å². The number of nitrogens with zero attached hydrogens (tertiary/aromatic N) is 2. The standard InChI is InChI=1S/C19H18N2OS/c1-14-18-15(8-12-23-18)7-11-21(14)19(22)16-5-4-6-17(13-16)20-9-2-3-10-20/h2-6,8-10,12-14H,7,11H2,1H3. The highest BCUT2D eigenvalue weighted by molar-refractivity contribution is 7.10. The van der Waals surface area contributed by atoms with Crippen LogP contribution in [0, 0.1) is 0 Å². The molecule has 0 fully saturated rings. The van der Waals surface area contributed by atoms with E-state index in [1.165, 1.54) is 10.4 Å². The number of aromatic nitrogens is 1. The van der Waals surface area contributed by atoms with Crippen LogP contribution in [0.5, 0.6) is 0 Å². The summed E-state index contributed by atoms with van der Waals surface area (Å²) in [6.07, 6.45) is 4.93. The fraction of sp³-hybridized carbons (Fsp3) is 0.211. The van der Waals surface area contributed by atoms with Gasteiger partial charge in [-0.2, -0.15) is 0 Å². The Kier molecular flexibility index (Phi) is 3.54. The third kappa shape index (κ3) is 2.49. The van der Waals surface area contributed by atoms with Crippen LogP contribution >= 0.6 is 11.3 Å². The Balaban J connectivity index is 1.64. The Morgan fingerprint density at radius 1 is 1.17 bits per heavy atom. The van der Waals surface area contributed by atoms with Gasteiger partial charge in [-0.25, -0.2) is 0 Å². The predicted octanol–water partition coefficient (Wildman–Crippen LogP) is 4.30. The van der Waals surface area contributed by atoms with Gasteiger partial charge in [-0.3, -0.25) is 4.79 Å². The van der Waals surface area contributed by atoms with E-state index in [4.69, 9.17) is 0 Å². The molecule has 1 aliphatic rings. The molecule has 0 spiro atoms. The summed E-state index contributed by atoms with van der Waals surface area (Å²) in [5.41, 5.74) is 3.16. The van der Waals surface area contributed by atoms with Gasteiger partial charge >= 0.3 is 0 Å². The first-order chi connectivity index (χ1) is 11.2. The van der Waals surface area contributed by atoms with Crippen LogP contribution in [-0.2, 0) is 6.42 Å². The Hall–Kier alpha value is -2.33. The number of amides is 1. The van der Waals surface area contributed by atoms with Gasteiger partial charge < -0.3 is 9.47 Å². The van der Waals surface area contributed by atoms with Crippen molar-refractivity contribution in [1.29, 1.82) is 0 Å². The molecule has 1 atom stereocenters. The third-order valence-corrected chi connectivity index (χ3v) is 5.64. The summed E-state index contributed by atoms with van der Waals surface area (Å²) >= 11 is 1.75. The number of thiophene rings is 1. The summed E-state index contributed by atoms with van der Waals surface area (Å²) in [7, 11) is 0. The van der Waals surface area contributed by atoms with Crippen LogP contribution in [0.4, 0.5) is 0 Å². The first-order valence-electron chi connectivity index (χ1n) is 7.84. The van der Waals surface area contributed by atoms with Gasteiger partial charge in [-0.05, 0) is 60.7 Å². The molecular formula is C19H18N2OS. The first kappa shape index (κ1) is 14.3. The molecule has 1 aliphatic heterocycles. The monoisotopic (exact) mass is 322 g/mol. The van der Waals surface area contributed by atoms with Crippen molar-refractivity contribution in [3.63, 3.8) is 0 Å². The van der Waals surface area contributed by atoms with E-state index in [9.17, 15) is 4.79 Å². The number of hydrogen-bond acceptors (Lipinski definition) is 2. The Labute approximate surface area is 139 Å². The van der Waals surface area contributed by atoms with Crippen LogP contribution in [-0.4, -0.2) is 21.9 Å². The molecule has 0 N–H and O–H groups in total. The molecule has 3 aromatic rings. The zero-order chi connectivity index (χ0) is 15.8. The van der Waals surface area contributed by atoms with Crippen molar-refractivity contribution >= 4 is 17.2 Å². The average molecular weight is 322 g/mol. The molecular weight excluding hydrogens is 304 g/mol. The predicted molar refractivity (Wildman–Crippen MR) is 93.2 cm³/mol. The molecule has 1 unspecified atom stereocenters. The summed E-state index contributed by atoms with van der Waals surface area (Å²) in [4.78, 5) is 16.3. The quantitative estimate of drug-likeness (QED) is 0.690. The van der Waals surface area contributed by atoms with E-state index in [0.717, 1.165) is 24.2 Å². The summed E-state index contributed by atoms with van der Waals surface area (Å²) in [5, 5.41) is 2.13. The number of hydrogen-bond donors (Lipinski definition) is 0. The average Bonchev–Trinajstić information content (AvgIpc) is 3.26. The lowest BCUT2D eigenvalue weighted by Crippen LogP contribution is -2.38. The van der Waals surface area contributed by atoms with Gasteiger partial charge in [0.25, 0.3) is 5.91 Å². The zero-order valence-electron chi connectivity index (χ0n) is 13.0. The molecule has 0 bridgehead atoms. The van der Waals surface area contributed by atoms with Crippen molar-refractivity contribution in [1.82, 2.24) is 9.47 Å². The molecule has 0 radical (unpaired) electrons. The lowest BCUT2D eigenvalue weighted by molar-refractivity contribution is 0.0681. The van der Waals surface area contributed by atoms with Crippen molar-refractivity contribution in [2.45, 2.75) is 19.4 Å². The van der Waals surface area contributed by atoms with Gasteiger partial charge in [0.1, 0.15) is 0 Å². The summed E-state index contributed by atoms with van der Waals surface area (Å²) in [6.45, 7) is 2.92. The van der Waals surface area contributed by atoms with Crippen molar-refractivity contribution < 1.29 is 4.79 Å². The lowest BCUT2D eigenvalue weighted by atomic mass is 10.0. The van der Waals surface area contributed by atoms with Gasteiger partial charge in [0.15, 0.2) is 0 Å². The number of carbonyl (C=O) groups is 1. The van der Waals surface area contributed by atoms with Gasteiger partial charge in [0.05, 0.1) is 6.04 Å². The minimum atomic E-state index is 0.116. The molecule has 3 heterocycles. The molecule has 1 amide bonds. The highest BCUT2D eigenvalue weighted by Gasteiger charge is 2.29. The second kappa shape index (κ2) is 5.70. The van der Waals surface area contributed by atoms with E-state index in [1.807, 2.05) is 58.3 Å². The highest BCUT2D eigenvalue weighted by atomic mass is 32.1. The molecule has 2 aromatic heterocycles. The Morgan fingerprint density at radius 2 is 2.00 bits per heavy atom. The van der Waals surface area contributed by atoms with Crippen LogP contribution in [0.25, 0.3) is 5.69 Å². The third-order valence-electron chi connectivity index (χ3n) is 4.51. The second-order valence-electron chi connectivity index (χ2n) is 5.88. The van der Waals surface area contributed by atoms with Crippen molar-refractivity contribution in [2.24, 2.45) is 0 Å². The van der Waals surface area contributed by atoms with E-state index >= 15 is 0 Å². The lowest BCUT2D eigenvalue weighted by Gasteiger charge is -2.33. The summed E-state index contributed by atoms with van der Waals surface area (Å²) in [6, 6.07) is 14.2. The second-order valence-corrected chi connectivity index (χ2v) is 6.82. The van der Waals surface area contributed by atoms with Crippen molar-refractivity contribution in [3.8, 4) is 5.69 Å². The van der Waals surface area contributed by atoms with E-state index in [2.05, 4.69) is 18.4 Å². The van der Waals surface area contributed by atoms with Gasteiger partial charge in [-0.15, -0.1) is 11.3 Å². The molecule has 0 saturated carbocycles. The molecule has 3 nitrogen and oxygen atoms in total. The Bertz CT molecular complexity index is 835. The van der Waals surface area contributed by atoms with Crippen LogP contribution in [0.1, 0.15) is 33.8 Å². The van der Waals surface area contributed by atoms with Crippen LogP contribution in [0.2, 0.25) is 0 Å². The maximum Gasteiger partial charge on any atom is 0.254 e. The van der Waals surface area contributed by atoms with Crippen LogP contribution in [0.15, 0.2) is 60.2 Å². The van der Waals surface area contributed by atoms with E-state index in [1.54, 1.807) is 11.3 Å². The number of rotatable bonds is 2. The zero-order valence-corrected chi connectivity index (χ0v) is 13.8. The minimum Gasteiger partial charge on any atom is -0.331 e. The molecule has 0 saturated heterocycles. The molecule has 23 heavy (non-hydrogen) atoms. The van der Waals surface area contributed by atoms with Gasteiger partial charge in [0.2, 0.25) is 0 Å². The molecule has 1 aromatic carbocycles. The first-order valence-corrected chi connectivity index (χ1v) is 8.72. The van der Waals surface area contributed by atoms with E-state index in [-0.39, 0.29) is 11.9 Å². The number of carbonyl (C=O) groups excluding carboxylic acids is 1. The summed E-state index contributed by atoms with van der Waals surface area (Å²) in [5.74, 6) is 0.116. The van der Waals surface area contributed by atoms with Crippen LogP contribution < -0.4 is 0 Å². The minimum absolute atomic E-state index is 0.116. The highest BCUT2D eigenvalue weighted by Crippen LogP contribution is 2.34. The molecule has 0 aliphatic carbocycles. The maximum absolute atomic E-state index is 13.0. The molecule has 4 heteroatoms. The fourth-order valence-electron chi connectivity index (χ4n) is 3.25. The smallest absolute Gasteiger partial charge is 0.254 e. The van der Waals surface area contributed by atoms with Crippen LogP contribution in [0.3, 0.4) is 0 Å². The molecule has 4 rings (SSSR count).